The third-order valence-electron chi connectivity index (χ3n) is 2.72. The van der Waals surface area contributed by atoms with Crippen LogP contribution in [0.25, 0.3) is 11.0 Å². The molecule has 0 fully saturated rings. The van der Waals surface area contributed by atoms with Gasteiger partial charge in [-0.15, -0.1) is 0 Å². The molecule has 0 aliphatic heterocycles. The van der Waals surface area contributed by atoms with Crippen LogP contribution in [-0.2, 0) is 0 Å². The molecule has 6 nitrogen and oxygen atoms in total. The van der Waals surface area contributed by atoms with Crippen LogP contribution in [0.1, 0.15) is 45.5 Å². The summed E-state index contributed by atoms with van der Waals surface area (Å²) in [4.78, 5) is 35.0. The van der Waals surface area contributed by atoms with Gasteiger partial charge in [0.15, 0.2) is 5.52 Å². The van der Waals surface area contributed by atoms with Gasteiger partial charge in [-0.1, -0.05) is 13.8 Å². The molecule has 2 heterocycles. The lowest BCUT2D eigenvalue weighted by atomic mass is 10.2. The molecule has 96 valence electrons. The fourth-order valence-electron chi connectivity index (χ4n) is 1.78. The third-order valence-corrected chi connectivity index (χ3v) is 2.72. The molecule has 2 aromatic heterocycles. The average molecular weight is 248 g/mol. The second kappa shape index (κ2) is 4.36. The molecule has 6 heteroatoms. The van der Waals surface area contributed by atoms with Crippen molar-refractivity contribution in [3.8, 4) is 0 Å². The van der Waals surface area contributed by atoms with Crippen LogP contribution in [0.3, 0.4) is 0 Å². The highest BCUT2D eigenvalue weighted by Gasteiger charge is 2.13. The Hall–Kier alpha value is -1.98. The number of rotatable bonds is 2. The Labute approximate surface area is 104 Å². The molecule has 0 saturated heterocycles. The number of fused-ring (bicyclic) bond motifs is 1. The third kappa shape index (κ3) is 1.94. The Morgan fingerprint density at radius 2 is 1.89 bits per heavy atom. The van der Waals surface area contributed by atoms with Crippen LogP contribution in [0.4, 0.5) is 0 Å². The molecule has 2 aromatic rings. The predicted octanol–water partition coefficient (Wildman–Crippen LogP) is 1.18. The summed E-state index contributed by atoms with van der Waals surface area (Å²) in [5.41, 5.74) is -0.148. The van der Waals surface area contributed by atoms with Gasteiger partial charge in [0.2, 0.25) is 0 Å². The summed E-state index contributed by atoms with van der Waals surface area (Å²) in [6, 6.07) is -0.205. The summed E-state index contributed by atoms with van der Waals surface area (Å²) in [5, 5.41) is 0. The van der Waals surface area contributed by atoms with E-state index in [1.165, 1.54) is 10.8 Å². The Morgan fingerprint density at radius 1 is 1.22 bits per heavy atom. The molecule has 0 amide bonds. The minimum Gasteiger partial charge on any atom is -0.304 e. The van der Waals surface area contributed by atoms with Gasteiger partial charge >= 0.3 is 5.69 Å². The molecule has 0 aliphatic rings. The summed E-state index contributed by atoms with van der Waals surface area (Å²) in [6.07, 6.45) is 1.49. The molecule has 18 heavy (non-hydrogen) atoms. The van der Waals surface area contributed by atoms with Crippen LogP contribution in [-0.4, -0.2) is 19.5 Å². The monoisotopic (exact) mass is 248 g/mol. The quantitative estimate of drug-likeness (QED) is 0.865. The Balaban J connectivity index is 2.86. The maximum atomic E-state index is 12.2. The van der Waals surface area contributed by atoms with E-state index in [2.05, 4.69) is 15.0 Å². The van der Waals surface area contributed by atoms with Gasteiger partial charge in [-0.25, -0.2) is 14.8 Å². The molecule has 0 aliphatic carbocycles. The van der Waals surface area contributed by atoms with E-state index in [0.29, 0.717) is 11.3 Å². The van der Waals surface area contributed by atoms with Crippen LogP contribution in [0, 0.1) is 0 Å². The lowest BCUT2D eigenvalue weighted by molar-refractivity contribution is 0.550. The number of nitrogens with zero attached hydrogens (tertiary/aromatic N) is 3. The summed E-state index contributed by atoms with van der Waals surface area (Å²) >= 11 is 0. The predicted molar refractivity (Wildman–Crippen MR) is 68.9 cm³/mol. The number of H-pyrrole nitrogens is 1. The Bertz CT molecular complexity index is 697. The van der Waals surface area contributed by atoms with Gasteiger partial charge in [0.05, 0.1) is 11.7 Å². The van der Waals surface area contributed by atoms with Crippen molar-refractivity contribution < 1.29 is 0 Å². The first kappa shape index (κ1) is 12.5. The largest absolute Gasteiger partial charge is 0.329 e. The summed E-state index contributed by atoms with van der Waals surface area (Å²) in [7, 11) is 0. The van der Waals surface area contributed by atoms with Crippen molar-refractivity contribution >= 4 is 11.0 Å². The first-order valence-electron chi connectivity index (χ1n) is 5.93. The van der Waals surface area contributed by atoms with Crippen LogP contribution >= 0.6 is 0 Å². The van der Waals surface area contributed by atoms with Gasteiger partial charge in [-0.05, 0) is 13.8 Å². The van der Waals surface area contributed by atoms with E-state index in [-0.39, 0.29) is 23.0 Å². The van der Waals surface area contributed by atoms with E-state index < -0.39 is 5.69 Å². The highest BCUT2D eigenvalue weighted by Crippen LogP contribution is 2.10. The normalized spacial score (nSPS) is 11.7. The van der Waals surface area contributed by atoms with E-state index in [0.717, 1.165) is 0 Å². The number of aromatic nitrogens is 4. The van der Waals surface area contributed by atoms with Gasteiger partial charge in [-0.3, -0.25) is 9.36 Å². The van der Waals surface area contributed by atoms with E-state index in [4.69, 9.17) is 0 Å². The zero-order valence-electron chi connectivity index (χ0n) is 10.9. The number of hydrogen-bond donors (Lipinski definition) is 1. The van der Waals surface area contributed by atoms with Crippen molar-refractivity contribution in [1.82, 2.24) is 19.5 Å². The maximum absolute atomic E-state index is 12.2. The zero-order chi connectivity index (χ0) is 13.4. The van der Waals surface area contributed by atoms with E-state index in [9.17, 15) is 9.59 Å². The Morgan fingerprint density at radius 3 is 2.44 bits per heavy atom. The van der Waals surface area contributed by atoms with Crippen molar-refractivity contribution in [2.45, 2.75) is 39.7 Å². The molecule has 0 spiro atoms. The molecule has 0 unspecified atom stereocenters. The van der Waals surface area contributed by atoms with Crippen molar-refractivity contribution in [1.29, 1.82) is 0 Å². The second-order valence-corrected chi connectivity index (χ2v) is 4.84. The first-order valence-corrected chi connectivity index (χ1v) is 5.93. The summed E-state index contributed by atoms with van der Waals surface area (Å²) < 4.78 is 1.17. The van der Waals surface area contributed by atoms with E-state index >= 15 is 0 Å². The SMILES string of the molecule is CC(C)c1ncc2[nH]c(=O)n(C(C)C)c(=O)c2n1. The first-order chi connectivity index (χ1) is 8.41. The molecule has 0 aromatic carbocycles. The smallest absolute Gasteiger partial charge is 0.304 e. The number of hydrogen-bond acceptors (Lipinski definition) is 4. The van der Waals surface area contributed by atoms with Crippen molar-refractivity contribution in [2.24, 2.45) is 0 Å². The van der Waals surface area contributed by atoms with Gasteiger partial charge < -0.3 is 4.98 Å². The average Bonchev–Trinajstić information content (AvgIpc) is 2.27. The fourth-order valence-corrected chi connectivity index (χ4v) is 1.78. The van der Waals surface area contributed by atoms with Crippen LogP contribution in [0.15, 0.2) is 15.8 Å². The topological polar surface area (TPSA) is 80.6 Å². The van der Waals surface area contributed by atoms with Crippen molar-refractivity contribution in [3.63, 3.8) is 0 Å². The summed E-state index contributed by atoms with van der Waals surface area (Å²) in [5.74, 6) is 0.732. The number of aromatic amines is 1. The standard InChI is InChI=1S/C12H16N4O2/c1-6(2)10-13-5-8-9(15-10)11(17)16(7(3)4)12(18)14-8/h5-7H,1-4H3,(H,14,18). The highest BCUT2D eigenvalue weighted by molar-refractivity contribution is 5.71. The van der Waals surface area contributed by atoms with Gasteiger partial charge in [0, 0.05) is 12.0 Å². The van der Waals surface area contributed by atoms with Gasteiger partial charge in [0.1, 0.15) is 5.82 Å². The highest BCUT2D eigenvalue weighted by atomic mass is 16.2. The van der Waals surface area contributed by atoms with Gasteiger partial charge in [0.25, 0.3) is 5.56 Å². The molecule has 0 saturated carbocycles. The van der Waals surface area contributed by atoms with Crippen LogP contribution < -0.4 is 11.2 Å². The van der Waals surface area contributed by atoms with Crippen LogP contribution in [0.5, 0.6) is 0 Å². The van der Waals surface area contributed by atoms with E-state index in [1.54, 1.807) is 13.8 Å². The molecule has 2 rings (SSSR count). The molecule has 0 bridgehead atoms. The minimum atomic E-state index is -0.427. The van der Waals surface area contributed by atoms with E-state index in [1.807, 2.05) is 13.8 Å². The second-order valence-electron chi connectivity index (χ2n) is 4.84. The fraction of sp³-hybridized carbons (Fsp3) is 0.500. The van der Waals surface area contributed by atoms with Crippen molar-refractivity contribution in [2.75, 3.05) is 0 Å². The van der Waals surface area contributed by atoms with Gasteiger partial charge in [-0.2, -0.15) is 0 Å². The maximum Gasteiger partial charge on any atom is 0.329 e. The molecular formula is C12H16N4O2. The minimum absolute atomic E-state index is 0.133. The van der Waals surface area contributed by atoms with Crippen molar-refractivity contribution in [3.05, 3.63) is 32.9 Å². The number of nitrogens with one attached hydrogen (secondary N) is 1. The molecule has 1 N–H and O–H groups in total. The molecule has 0 radical (unpaired) electrons. The van der Waals surface area contributed by atoms with Crippen LogP contribution in [0.2, 0.25) is 0 Å². The summed E-state index contributed by atoms with van der Waals surface area (Å²) in [6.45, 7) is 7.47. The lowest BCUT2D eigenvalue weighted by Gasteiger charge is -2.10. The lowest BCUT2D eigenvalue weighted by Crippen LogP contribution is -2.36. The molecule has 0 atom stereocenters. The molecular weight excluding hydrogens is 232 g/mol. The Kier molecular flexibility index (Phi) is 3.02. The zero-order valence-corrected chi connectivity index (χ0v) is 10.9.